The van der Waals surface area contributed by atoms with Crippen molar-refractivity contribution < 1.29 is 24.8 Å². The van der Waals surface area contributed by atoms with Crippen molar-refractivity contribution in [3.05, 3.63) is 12.2 Å². The predicted octanol–water partition coefficient (Wildman–Crippen LogP) is 2.96. The van der Waals surface area contributed by atoms with Crippen LogP contribution in [0.2, 0.25) is 0 Å². The van der Waals surface area contributed by atoms with Crippen LogP contribution in [0.5, 0.6) is 0 Å². The summed E-state index contributed by atoms with van der Waals surface area (Å²) in [4.78, 5) is 0. The van der Waals surface area contributed by atoms with E-state index in [-0.39, 0.29) is 13.2 Å². The van der Waals surface area contributed by atoms with Gasteiger partial charge in [0.1, 0.15) is 24.4 Å². The maximum atomic E-state index is 9.90. The summed E-state index contributed by atoms with van der Waals surface area (Å²) < 4.78 is 10.6. The van der Waals surface area contributed by atoms with Crippen LogP contribution in [0, 0.1) is 0 Å². The molecule has 0 radical (unpaired) electrons. The number of hydrogen-bond acceptors (Lipinski definition) is 5. The molecule has 0 aromatic heterocycles. The van der Waals surface area contributed by atoms with Gasteiger partial charge in [-0.25, -0.2) is 0 Å². The number of allylic oxidation sites excluding steroid dienone is 2. The Labute approximate surface area is 153 Å². The highest BCUT2D eigenvalue weighted by Crippen LogP contribution is 2.18. The summed E-state index contributed by atoms with van der Waals surface area (Å²) in [6.45, 7) is 2.90. The van der Waals surface area contributed by atoms with Crippen LogP contribution < -0.4 is 0 Å². The first-order valence-corrected chi connectivity index (χ1v) is 10.0. The number of hydrogen-bond donors (Lipinski definition) is 3. The van der Waals surface area contributed by atoms with Gasteiger partial charge in [0.15, 0.2) is 0 Å². The number of aliphatic hydroxyl groups is 3. The number of rotatable bonds is 15. The lowest BCUT2D eigenvalue weighted by molar-refractivity contribution is -0.0813. The van der Waals surface area contributed by atoms with Gasteiger partial charge >= 0.3 is 0 Å². The van der Waals surface area contributed by atoms with Gasteiger partial charge in [-0.3, -0.25) is 0 Å². The normalized spacial score (nSPS) is 25.0. The van der Waals surface area contributed by atoms with Gasteiger partial charge in [0.05, 0.1) is 13.2 Å². The second kappa shape index (κ2) is 14.7. The van der Waals surface area contributed by atoms with E-state index in [1.54, 1.807) is 0 Å². The van der Waals surface area contributed by atoms with Crippen LogP contribution in [-0.2, 0) is 9.47 Å². The van der Waals surface area contributed by atoms with Crippen molar-refractivity contribution in [2.24, 2.45) is 0 Å². The molecule has 0 spiro atoms. The van der Waals surface area contributed by atoms with Gasteiger partial charge in [-0.1, -0.05) is 57.1 Å². The molecule has 1 heterocycles. The summed E-state index contributed by atoms with van der Waals surface area (Å²) >= 11 is 0. The summed E-state index contributed by atoms with van der Waals surface area (Å²) in [5.41, 5.74) is 0. The Kier molecular flexibility index (Phi) is 13.3. The summed E-state index contributed by atoms with van der Waals surface area (Å²) in [6.07, 6.45) is 13.4. The number of ether oxygens (including phenoxy) is 2. The SMILES string of the molecule is C/C=C/CCCCCCCCCCCOC[C@@H](O)[C@@H]1OC[C@H](O)[C@@H]1O. The zero-order valence-corrected chi connectivity index (χ0v) is 15.8. The zero-order valence-electron chi connectivity index (χ0n) is 15.8. The van der Waals surface area contributed by atoms with E-state index in [1.165, 1.54) is 51.4 Å². The fourth-order valence-corrected chi connectivity index (χ4v) is 3.13. The Morgan fingerprint density at radius 2 is 1.60 bits per heavy atom. The van der Waals surface area contributed by atoms with Crippen LogP contribution in [0.1, 0.15) is 71.1 Å². The zero-order chi connectivity index (χ0) is 18.3. The van der Waals surface area contributed by atoms with Crippen LogP contribution >= 0.6 is 0 Å². The molecule has 1 aliphatic rings. The first kappa shape index (κ1) is 22.6. The van der Waals surface area contributed by atoms with Crippen LogP contribution in [0.25, 0.3) is 0 Å². The minimum absolute atomic E-state index is 0.0681. The molecule has 4 atom stereocenters. The average Bonchev–Trinajstić information content (AvgIpc) is 2.94. The quantitative estimate of drug-likeness (QED) is 0.310. The van der Waals surface area contributed by atoms with E-state index >= 15 is 0 Å². The third-order valence-electron chi connectivity index (χ3n) is 4.75. The molecular weight excluding hydrogens is 320 g/mol. The van der Waals surface area contributed by atoms with E-state index in [0.717, 1.165) is 12.8 Å². The van der Waals surface area contributed by atoms with E-state index in [4.69, 9.17) is 9.47 Å². The molecule has 1 aliphatic heterocycles. The maximum Gasteiger partial charge on any atom is 0.114 e. The molecular formula is C20H38O5. The maximum absolute atomic E-state index is 9.90. The van der Waals surface area contributed by atoms with Crippen LogP contribution in [0.3, 0.4) is 0 Å². The monoisotopic (exact) mass is 358 g/mol. The largest absolute Gasteiger partial charge is 0.388 e. The molecule has 0 bridgehead atoms. The molecule has 0 aliphatic carbocycles. The second-order valence-electron chi connectivity index (χ2n) is 7.04. The van der Waals surface area contributed by atoms with Gasteiger partial charge < -0.3 is 24.8 Å². The molecule has 0 aromatic rings. The molecule has 0 amide bonds. The molecule has 1 fully saturated rings. The fraction of sp³-hybridized carbons (Fsp3) is 0.900. The fourth-order valence-electron chi connectivity index (χ4n) is 3.13. The van der Waals surface area contributed by atoms with Gasteiger partial charge in [0.25, 0.3) is 0 Å². The number of unbranched alkanes of at least 4 members (excludes halogenated alkanes) is 9. The van der Waals surface area contributed by atoms with Crippen molar-refractivity contribution in [1.82, 2.24) is 0 Å². The molecule has 0 saturated carbocycles. The predicted molar refractivity (Wildman–Crippen MR) is 99.6 cm³/mol. The van der Waals surface area contributed by atoms with Crippen molar-refractivity contribution in [2.45, 2.75) is 95.5 Å². The van der Waals surface area contributed by atoms with E-state index in [9.17, 15) is 15.3 Å². The molecule has 25 heavy (non-hydrogen) atoms. The smallest absolute Gasteiger partial charge is 0.114 e. The third kappa shape index (κ3) is 10.3. The Bertz CT molecular complexity index is 334. The molecule has 5 nitrogen and oxygen atoms in total. The van der Waals surface area contributed by atoms with E-state index in [1.807, 2.05) is 0 Å². The van der Waals surface area contributed by atoms with Crippen molar-refractivity contribution in [2.75, 3.05) is 19.8 Å². The molecule has 1 saturated heterocycles. The summed E-state index contributed by atoms with van der Waals surface area (Å²) in [5, 5.41) is 28.9. The molecule has 0 aromatic carbocycles. The third-order valence-corrected chi connectivity index (χ3v) is 4.75. The van der Waals surface area contributed by atoms with Gasteiger partial charge in [0.2, 0.25) is 0 Å². The van der Waals surface area contributed by atoms with Crippen molar-refractivity contribution >= 4 is 0 Å². The van der Waals surface area contributed by atoms with E-state index < -0.39 is 24.4 Å². The lowest BCUT2D eigenvalue weighted by atomic mass is 10.1. The van der Waals surface area contributed by atoms with Gasteiger partial charge in [-0.2, -0.15) is 0 Å². The molecule has 1 rings (SSSR count). The molecule has 0 unspecified atom stereocenters. The van der Waals surface area contributed by atoms with Crippen LogP contribution in [0.4, 0.5) is 0 Å². The average molecular weight is 359 g/mol. The van der Waals surface area contributed by atoms with Gasteiger partial charge in [-0.05, 0) is 26.2 Å². The minimum Gasteiger partial charge on any atom is -0.388 e. The standard InChI is InChI=1S/C20H38O5/c1-2-3-4-5-6-7-8-9-10-11-12-13-14-24-15-18(22)20-19(23)17(21)16-25-20/h2-3,17-23H,4-16H2,1H3/b3-2+/t17-,18+,19-,20-/m0/s1. The first-order chi connectivity index (χ1) is 12.2. The summed E-state index contributed by atoms with van der Waals surface area (Å²) in [6, 6.07) is 0. The van der Waals surface area contributed by atoms with E-state index in [2.05, 4.69) is 19.1 Å². The van der Waals surface area contributed by atoms with Gasteiger partial charge in [0, 0.05) is 6.61 Å². The van der Waals surface area contributed by atoms with E-state index in [0.29, 0.717) is 6.61 Å². The van der Waals surface area contributed by atoms with Crippen LogP contribution in [-0.4, -0.2) is 59.6 Å². The molecule has 3 N–H and O–H groups in total. The molecule has 5 heteroatoms. The topological polar surface area (TPSA) is 79.2 Å². The Balaban J connectivity index is 1.81. The summed E-state index contributed by atoms with van der Waals surface area (Å²) in [7, 11) is 0. The number of aliphatic hydroxyl groups excluding tert-OH is 3. The van der Waals surface area contributed by atoms with Crippen molar-refractivity contribution in [3.63, 3.8) is 0 Å². The van der Waals surface area contributed by atoms with Gasteiger partial charge in [-0.15, -0.1) is 0 Å². The van der Waals surface area contributed by atoms with Crippen molar-refractivity contribution in [1.29, 1.82) is 0 Å². The highest BCUT2D eigenvalue weighted by molar-refractivity contribution is 4.87. The van der Waals surface area contributed by atoms with Crippen molar-refractivity contribution in [3.8, 4) is 0 Å². The Morgan fingerprint density at radius 1 is 1.00 bits per heavy atom. The second-order valence-corrected chi connectivity index (χ2v) is 7.04. The molecule has 148 valence electrons. The lowest BCUT2D eigenvalue weighted by Crippen LogP contribution is -2.40. The first-order valence-electron chi connectivity index (χ1n) is 10.0. The lowest BCUT2D eigenvalue weighted by Gasteiger charge is -2.20. The Morgan fingerprint density at radius 3 is 2.16 bits per heavy atom. The minimum atomic E-state index is -1.03. The highest BCUT2D eigenvalue weighted by Gasteiger charge is 2.39. The highest BCUT2D eigenvalue weighted by atomic mass is 16.5. The summed E-state index contributed by atoms with van der Waals surface area (Å²) in [5.74, 6) is 0. The Hall–Kier alpha value is -0.460. The van der Waals surface area contributed by atoms with Crippen LogP contribution in [0.15, 0.2) is 12.2 Å².